The molecule has 0 bridgehead atoms. The number of aromatic amines is 1. The van der Waals surface area contributed by atoms with Crippen LogP contribution in [0.25, 0.3) is 10.9 Å². The summed E-state index contributed by atoms with van der Waals surface area (Å²) in [5, 5.41) is 11.7. The summed E-state index contributed by atoms with van der Waals surface area (Å²) >= 11 is 0. The lowest BCUT2D eigenvalue weighted by molar-refractivity contribution is -0.384. The molecule has 0 saturated heterocycles. The summed E-state index contributed by atoms with van der Waals surface area (Å²) < 4.78 is 0. The van der Waals surface area contributed by atoms with Crippen molar-refractivity contribution in [3.8, 4) is 0 Å². The highest BCUT2D eigenvalue weighted by atomic mass is 16.6. The monoisotopic (exact) mass is 363 g/mol. The molecule has 3 aromatic rings. The summed E-state index contributed by atoms with van der Waals surface area (Å²) in [5.41, 5.74) is 2.29. The van der Waals surface area contributed by atoms with Gasteiger partial charge in [0.15, 0.2) is 0 Å². The zero-order valence-electron chi connectivity index (χ0n) is 14.9. The zero-order chi connectivity index (χ0) is 18.8. The second-order valence-electron chi connectivity index (χ2n) is 7.16. The standard InChI is InChI=1S/C21H21N3O3/c25-21(19-12-22-20-10-9-17(24(26)27)11-18(19)20)23(14-16-7-4-8-16)13-15-5-2-1-3-6-15/h1-3,5-6,9-12,16,22H,4,7-8,13-14H2. The van der Waals surface area contributed by atoms with E-state index >= 15 is 0 Å². The zero-order valence-corrected chi connectivity index (χ0v) is 14.9. The minimum Gasteiger partial charge on any atom is -0.360 e. The number of non-ortho nitro benzene ring substituents is 1. The van der Waals surface area contributed by atoms with E-state index in [0.717, 1.165) is 30.5 Å². The van der Waals surface area contributed by atoms with Crippen molar-refractivity contribution in [1.29, 1.82) is 0 Å². The van der Waals surface area contributed by atoms with Gasteiger partial charge in [-0.15, -0.1) is 0 Å². The summed E-state index contributed by atoms with van der Waals surface area (Å²) in [5.74, 6) is 0.453. The van der Waals surface area contributed by atoms with Gasteiger partial charge in [-0.25, -0.2) is 0 Å². The second-order valence-corrected chi connectivity index (χ2v) is 7.16. The van der Waals surface area contributed by atoms with Gasteiger partial charge in [-0.2, -0.15) is 0 Å². The van der Waals surface area contributed by atoms with Crippen molar-refractivity contribution in [1.82, 2.24) is 9.88 Å². The lowest BCUT2D eigenvalue weighted by Gasteiger charge is -2.32. The molecule has 1 saturated carbocycles. The van der Waals surface area contributed by atoms with Gasteiger partial charge in [0, 0.05) is 42.3 Å². The Balaban J connectivity index is 1.66. The number of hydrogen-bond acceptors (Lipinski definition) is 3. The topological polar surface area (TPSA) is 79.2 Å². The molecule has 0 atom stereocenters. The summed E-state index contributed by atoms with van der Waals surface area (Å²) in [7, 11) is 0. The number of rotatable bonds is 6. The van der Waals surface area contributed by atoms with Gasteiger partial charge in [-0.05, 0) is 30.4 Å². The number of nitrogens with zero attached hydrogens (tertiary/aromatic N) is 2. The molecule has 27 heavy (non-hydrogen) atoms. The van der Waals surface area contributed by atoms with Crippen molar-refractivity contribution in [3.05, 3.63) is 76.0 Å². The molecule has 6 heteroatoms. The van der Waals surface area contributed by atoms with Crippen LogP contribution in [0.5, 0.6) is 0 Å². The van der Waals surface area contributed by atoms with Crippen LogP contribution in [0.15, 0.2) is 54.7 Å². The number of nitro benzene ring substituents is 1. The molecule has 138 valence electrons. The molecule has 1 aliphatic carbocycles. The average Bonchev–Trinajstić information content (AvgIpc) is 3.07. The highest BCUT2D eigenvalue weighted by molar-refractivity contribution is 6.07. The van der Waals surface area contributed by atoms with Gasteiger partial charge in [0.1, 0.15) is 0 Å². The van der Waals surface area contributed by atoms with Crippen LogP contribution in [0.4, 0.5) is 5.69 Å². The largest absolute Gasteiger partial charge is 0.360 e. The molecule has 6 nitrogen and oxygen atoms in total. The quantitative estimate of drug-likeness (QED) is 0.516. The van der Waals surface area contributed by atoms with Crippen molar-refractivity contribution in [2.75, 3.05) is 6.54 Å². The number of amides is 1. The SMILES string of the molecule is O=C(c1c[nH]c2ccc([N+](=O)[O-])cc12)N(Cc1ccccc1)CC1CCC1. The molecule has 1 aliphatic rings. The Hall–Kier alpha value is -3.15. The van der Waals surface area contributed by atoms with Crippen LogP contribution in [0, 0.1) is 16.0 Å². The second kappa shape index (κ2) is 7.23. The molecule has 0 radical (unpaired) electrons. The van der Waals surface area contributed by atoms with Gasteiger partial charge in [-0.1, -0.05) is 36.8 Å². The number of carbonyl (C=O) groups excluding carboxylic acids is 1. The van der Waals surface area contributed by atoms with Gasteiger partial charge in [-0.3, -0.25) is 14.9 Å². The Morgan fingerprint density at radius 2 is 1.96 bits per heavy atom. The van der Waals surface area contributed by atoms with Gasteiger partial charge in [0.2, 0.25) is 0 Å². The van der Waals surface area contributed by atoms with E-state index in [9.17, 15) is 14.9 Å². The molecule has 1 heterocycles. The number of benzene rings is 2. The highest BCUT2D eigenvalue weighted by Crippen LogP contribution is 2.30. The average molecular weight is 363 g/mol. The molecule has 1 aromatic heterocycles. The van der Waals surface area contributed by atoms with E-state index in [0.29, 0.717) is 23.4 Å². The predicted octanol–water partition coefficient (Wildman–Crippen LogP) is 4.52. The molecule has 2 aromatic carbocycles. The van der Waals surface area contributed by atoms with Crippen molar-refractivity contribution in [3.63, 3.8) is 0 Å². The third kappa shape index (κ3) is 3.56. The fraction of sp³-hybridized carbons (Fsp3) is 0.286. The number of H-pyrrole nitrogens is 1. The molecule has 0 aliphatic heterocycles. The van der Waals surface area contributed by atoms with Crippen molar-refractivity contribution >= 4 is 22.5 Å². The first-order valence-corrected chi connectivity index (χ1v) is 9.20. The van der Waals surface area contributed by atoms with E-state index in [1.54, 1.807) is 12.3 Å². The lowest BCUT2D eigenvalue weighted by atomic mass is 9.85. The normalized spacial score (nSPS) is 14.1. The minimum absolute atomic E-state index is 0.00949. The van der Waals surface area contributed by atoms with E-state index < -0.39 is 4.92 Å². The third-order valence-corrected chi connectivity index (χ3v) is 5.31. The number of nitrogens with one attached hydrogen (secondary N) is 1. The van der Waals surface area contributed by atoms with Gasteiger partial charge >= 0.3 is 0 Å². The van der Waals surface area contributed by atoms with Crippen LogP contribution < -0.4 is 0 Å². The van der Waals surface area contributed by atoms with Crippen LogP contribution in [-0.4, -0.2) is 27.3 Å². The molecule has 1 fully saturated rings. The summed E-state index contributed by atoms with van der Waals surface area (Å²) in [4.78, 5) is 28.9. The van der Waals surface area contributed by atoms with E-state index in [2.05, 4.69) is 4.98 Å². The van der Waals surface area contributed by atoms with Crippen LogP contribution in [0.1, 0.15) is 35.2 Å². The molecule has 1 N–H and O–H groups in total. The molecule has 4 rings (SSSR count). The van der Waals surface area contributed by atoms with Crippen LogP contribution in [0.2, 0.25) is 0 Å². The fourth-order valence-corrected chi connectivity index (χ4v) is 3.58. The first-order valence-electron chi connectivity index (χ1n) is 9.20. The maximum atomic E-state index is 13.3. The maximum Gasteiger partial charge on any atom is 0.270 e. The van der Waals surface area contributed by atoms with Gasteiger partial charge < -0.3 is 9.88 Å². The van der Waals surface area contributed by atoms with Crippen LogP contribution >= 0.6 is 0 Å². The number of aromatic nitrogens is 1. The van der Waals surface area contributed by atoms with Gasteiger partial charge in [0.25, 0.3) is 11.6 Å². The van der Waals surface area contributed by atoms with Crippen molar-refractivity contribution in [2.45, 2.75) is 25.8 Å². The van der Waals surface area contributed by atoms with Crippen molar-refractivity contribution in [2.24, 2.45) is 5.92 Å². The van der Waals surface area contributed by atoms with Gasteiger partial charge in [0.05, 0.1) is 10.5 Å². The molecule has 0 unspecified atom stereocenters. The fourth-order valence-electron chi connectivity index (χ4n) is 3.58. The molecule has 0 spiro atoms. The number of fused-ring (bicyclic) bond motifs is 1. The van der Waals surface area contributed by atoms with E-state index in [-0.39, 0.29) is 11.6 Å². The smallest absolute Gasteiger partial charge is 0.270 e. The third-order valence-electron chi connectivity index (χ3n) is 5.31. The number of carbonyl (C=O) groups is 1. The Morgan fingerprint density at radius 1 is 1.19 bits per heavy atom. The minimum atomic E-state index is -0.434. The van der Waals surface area contributed by atoms with Crippen LogP contribution in [-0.2, 0) is 6.54 Å². The van der Waals surface area contributed by atoms with Crippen LogP contribution in [0.3, 0.4) is 0 Å². The number of nitro groups is 1. The lowest BCUT2D eigenvalue weighted by Crippen LogP contribution is -2.37. The Kier molecular flexibility index (Phi) is 4.62. The molecular formula is C21H21N3O3. The Labute approximate surface area is 157 Å². The van der Waals surface area contributed by atoms with E-state index in [4.69, 9.17) is 0 Å². The first-order chi connectivity index (χ1) is 13.1. The molecule has 1 amide bonds. The summed E-state index contributed by atoms with van der Waals surface area (Å²) in [6.45, 7) is 1.26. The van der Waals surface area contributed by atoms with E-state index in [1.165, 1.54) is 18.6 Å². The van der Waals surface area contributed by atoms with E-state index in [1.807, 2.05) is 35.2 Å². The highest BCUT2D eigenvalue weighted by Gasteiger charge is 2.26. The first kappa shape index (κ1) is 17.3. The molecular weight excluding hydrogens is 342 g/mol. The summed E-state index contributed by atoms with van der Waals surface area (Å²) in [6, 6.07) is 14.5. The van der Waals surface area contributed by atoms with Crippen molar-refractivity contribution < 1.29 is 9.72 Å². The number of hydrogen-bond donors (Lipinski definition) is 1. The maximum absolute atomic E-state index is 13.3. The predicted molar refractivity (Wildman–Crippen MR) is 103 cm³/mol. The Bertz CT molecular complexity index is 977. The summed E-state index contributed by atoms with van der Waals surface area (Å²) in [6.07, 6.45) is 5.18. The Morgan fingerprint density at radius 3 is 2.63 bits per heavy atom.